The Morgan fingerprint density at radius 1 is 1.06 bits per heavy atom. The Hall–Kier alpha value is -3.41. The van der Waals surface area contributed by atoms with Gasteiger partial charge in [-0.2, -0.15) is 0 Å². The molecule has 3 heterocycles. The number of benzene rings is 1. The molecule has 184 valence electrons. The van der Waals surface area contributed by atoms with Gasteiger partial charge in [-0.05, 0) is 55.7 Å². The number of rotatable bonds is 9. The van der Waals surface area contributed by atoms with E-state index < -0.39 is 5.97 Å². The third-order valence-electron chi connectivity index (χ3n) is 6.86. The summed E-state index contributed by atoms with van der Waals surface area (Å²) in [6, 6.07) is 14.3. The van der Waals surface area contributed by atoms with Gasteiger partial charge in [-0.3, -0.25) is 14.8 Å². The van der Waals surface area contributed by atoms with Crippen LogP contribution in [-0.2, 0) is 17.6 Å². The molecule has 6 heteroatoms. The van der Waals surface area contributed by atoms with Crippen LogP contribution in [0.3, 0.4) is 0 Å². The van der Waals surface area contributed by atoms with Crippen LogP contribution in [0.25, 0.3) is 11.3 Å². The lowest BCUT2D eigenvalue weighted by Gasteiger charge is -2.40. The molecular weight excluding hydrogens is 438 g/mol. The monoisotopic (exact) mass is 473 g/mol. The van der Waals surface area contributed by atoms with Gasteiger partial charge < -0.3 is 14.7 Å². The van der Waals surface area contributed by atoms with E-state index in [1.165, 1.54) is 5.56 Å². The fraction of sp³-hybridized carbons (Fsp3) is 0.414. The second-order valence-electron chi connectivity index (χ2n) is 10.1. The molecule has 3 aromatic rings. The molecule has 0 amide bonds. The summed E-state index contributed by atoms with van der Waals surface area (Å²) in [7, 11) is 0. The van der Waals surface area contributed by atoms with Gasteiger partial charge in [0.15, 0.2) is 0 Å². The molecule has 1 fully saturated rings. The van der Waals surface area contributed by atoms with E-state index in [2.05, 4.69) is 53.0 Å². The Kier molecular flexibility index (Phi) is 7.69. The number of aliphatic carboxylic acids is 1. The van der Waals surface area contributed by atoms with Crippen molar-refractivity contribution < 1.29 is 14.6 Å². The van der Waals surface area contributed by atoms with Crippen LogP contribution in [0.1, 0.15) is 49.9 Å². The number of ether oxygens (including phenoxy) is 1. The van der Waals surface area contributed by atoms with E-state index in [1.807, 2.05) is 31.3 Å². The average Bonchev–Trinajstić information content (AvgIpc) is 2.84. The Balaban J connectivity index is 1.52. The standard InChI is InChI=1S/C29H35N3O3/c1-21-24(18-27(33)34)28(32-15-13-29(2,3)14-16-32)25(20-30-21)26-12-11-23(19-31-26)35-17-7-10-22-8-5-4-6-9-22/h4-6,8-9,11-12,19-20H,7,10,13-18H2,1-3H3,(H,33,34). The van der Waals surface area contributed by atoms with Gasteiger partial charge in [0.2, 0.25) is 0 Å². The second kappa shape index (κ2) is 10.9. The summed E-state index contributed by atoms with van der Waals surface area (Å²) in [5.41, 5.74) is 5.75. The molecular formula is C29H35N3O3. The predicted octanol–water partition coefficient (Wildman–Crippen LogP) is 5.72. The number of hydrogen-bond acceptors (Lipinski definition) is 5. The summed E-state index contributed by atoms with van der Waals surface area (Å²) in [4.78, 5) is 23.2. The molecule has 0 atom stereocenters. The molecule has 1 aromatic carbocycles. The fourth-order valence-electron chi connectivity index (χ4n) is 4.62. The zero-order valence-corrected chi connectivity index (χ0v) is 21.0. The van der Waals surface area contributed by atoms with Crippen molar-refractivity contribution in [1.29, 1.82) is 0 Å². The topological polar surface area (TPSA) is 75.6 Å². The van der Waals surface area contributed by atoms with E-state index in [0.29, 0.717) is 12.0 Å². The van der Waals surface area contributed by atoms with Crippen molar-refractivity contribution in [3.63, 3.8) is 0 Å². The van der Waals surface area contributed by atoms with Crippen LogP contribution in [0.15, 0.2) is 54.9 Å². The highest BCUT2D eigenvalue weighted by atomic mass is 16.5. The van der Waals surface area contributed by atoms with Crippen molar-refractivity contribution in [2.45, 2.75) is 52.9 Å². The minimum atomic E-state index is -0.849. The highest BCUT2D eigenvalue weighted by molar-refractivity contribution is 5.83. The largest absolute Gasteiger partial charge is 0.492 e. The predicted molar refractivity (Wildman–Crippen MR) is 139 cm³/mol. The number of carboxylic acid groups (broad SMARTS) is 1. The van der Waals surface area contributed by atoms with Gasteiger partial charge in [-0.1, -0.05) is 44.2 Å². The lowest BCUT2D eigenvalue weighted by molar-refractivity contribution is -0.136. The summed E-state index contributed by atoms with van der Waals surface area (Å²) in [6.45, 7) is 8.87. The van der Waals surface area contributed by atoms with Crippen molar-refractivity contribution >= 4 is 11.7 Å². The van der Waals surface area contributed by atoms with E-state index >= 15 is 0 Å². The van der Waals surface area contributed by atoms with Crippen LogP contribution in [0, 0.1) is 12.3 Å². The number of aromatic nitrogens is 2. The Bertz CT molecular complexity index is 1130. The molecule has 0 radical (unpaired) electrons. The molecule has 0 bridgehead atoms. The van der Waals surface area contributed by atoms with Gasteiger partial charge in [0, 0.05) is 36.1 Å². The first-order chi connectivity index (χ1) is 16.8. The molecule has 2 aromatic heterocycles. The van der Waals surface area contributed by atoms with Crippen LogP contribution in [0.2, 0.25) is 0 Å². The number of pyridine rings is 2. The third-order valence-corrected chi connectivity index (χ3v) is 6.86. The minimum Gasteiger partial charge on any atom is -0.492 e. The summed E-state index contributed by atoms with van der Waals surface area (Å²) in [5.74, 6) is -0.119. The van der Waals surface area contributed by atoms with Gasteiger partial charge in [0.1, 0.15) is 5.75 Å². The van der Waals surface area contributed by atoms with Crippen molar-refractivity contribution in [1.82, 2.24) is 9.97 Å². The highest BCUT2D eigenvalue weighted by Gasteiger charge is 2.29. The van der Waals surface area contributed by atoms with Gasteiger partial charge in [0.25, 0.3) is 0 Å². The average molecular weight is 474 g/mol. The molecule has 1 N–H and O–H groups in total. The molecule has 1 aliphatic rings. The number of aryl methyl sites for hydroxylation is 2. The van der Waals surface area contributed by atoms with Gasteiger partial charge in [-0.15, -0.1) is 0 Å². The van der Waals surface area contributed by atoms with Crippen molar-refractivity contribution in [3.05, 3.63) is 71.7 Å². The van der Waals surface area contributed by atoms with Crippen molar-refractivity contribution in [2.75, 3.05) is 24.6 Å². The summed E-state index contributed by atoms with van der Waals surface area (Å²) < 4.78 is 5.92. The summed E-state index contributed by atoms with van der Waals surface area (Å²) >= 11 is 0. The molecule has 0 saturated carbocycles. The van der Waals surface area contributed by atoms with Crippen LogP contribution in [0.5, 0.6) is 5.75 Å². The number of nitrogens with zero attached hydrogens (tertiary/aromatic N) is 3. The Morgan fingerprint density at radius 2 is 1.80 bits per heavy atom. The summed E-state index contributed by atoms with van der Waals surface area (Å²) in [5, 5.41) is 9.59. The lowest BCUT2D eigenvalue weighted by atomic mass is 9.82. The molecule has 1 aliphatic heterocycles. The molecule has 0 aliphatic carbocycles. The third kappa shape index (κ3) is 6.38. The van der Waals surface area contributed by atoms with Gasteiger partial charge in [0.05, 0.1) is 30.6 Å². The smallest absolute Gasteiger partial charge is 0.307 e. The molecule has 4 rings (SSSR count). The summed E-state index contributed by atoms with van der Waals surface area (Å²) in [6.07, 6.45) is 7.55. The zero-order valence-electron chi connectivity index (χ0n) is 21.0. The quantitative estimate of drug-likeness (QED) is 0.401. The minimum absolute atomic E-state index is 0.0511. The van der Waals surface area contributed by atoms with E-state index in [-0.39, 0.29) is 6.42 Å². The van der Waals surface area contributed by atoms with Crippen LogP contribution in [-0.4, -0.2) is 40.7 Å². The molecule has 0 unspecified atom stereocenters. The van der Waals surface area contributed by atoms with Crippen LogP contribution < -0.4 is 9.64 Å². The fourth-order valence-corrected chi connectivity index (χ4v) is 4.62. The van der Waals surface area contributed by atoms with E-state index in [9.17, 15) is 9.90 Å². The van der Waals surface area contributed by atoms with E-state index in [4.69, 9.17) is 4.74 Å². The number of carbonyl (C=O) groups is 1. The molecule has 35 heavy (non-hydrogen) atoms. The zero-order chi connectivity index (χ0) is 24.8. The van der Waals surface area contributed by atoms with Crippen molar-refractivity contribution in [3.8, 4) is 17.0 Å². The Labute approximate surface area is 208 Å². The van der Waals surface area contributed by atoms with E-state index in [1.54, 1.807) is 6.20 Å². The van der Waals surface area contributed by atoms with Crippen LogP contribution >= 0.6 is 0 Å². The molecule has 0 spiro atoms. The molecule has 6 nitrogen and oxygen atoms in total. The number of anilines is 1. The van der Waals surface area contributed by atoms with Crippen molar-refractivity contribution in [2.24, 2.45) is 5.41 Å². The van der Waals surface area contributed by atoms with Crippen LogP contribution in [0.4, 0.5) is 5.69 Å². The second-order valence-corrected chi connectivity index (χ2v) is 10.1. The number of hydrogen-bond donors (Lipinski definition) is 1. The normalized spacial score (nSPS) is 15.1. The maximum atomic E-state index is 11.7. The number of carboxylic acids is 1. The van der Waals surface area contributed by atoms with Gasteiger partial charge in [-0.25, -0.2) is 0 Å². The first-order valence-electron chi connectivity index (χ1n) is 12.4. The maximum absolute atomic E-state index is 11.7. The first kappa shape index (κ1) is 24.7. The number of piperidine rings is 1. The lowest BCUT2D eigenvalue weighted by Crippen LogP contribution is -2.38. The maximum Gasteiger partial charge on any atom is 0.307 e. The Morgan fingerprint density at radius 3 is 2.46 bits per heavy atom. The highest BCUT2D eigenvalue weighted by Crippen LogP contribution is 2.39. The van der Waals surface area contributed by atoms with Gasteiger partial charge >= 0.3 is 5.97 Å². The first-order valence-corrected chi connectivity index (χ1v) is 12.4. The molecule has 1 saturated heterocycles. The van der Waals surface area contributed by atoms with E-state index in [0.717, 1.165) is 72.7 Å². The SMILES string of the molecule is Cc1ncc(-c2ccc(OCCCc3ccccc3)cn2)c(N2CCC(C)(C)CC2)c1CC(=O)O.